The zero-order valence-corrected chi connectivity index (χ0v) is 3.94. The Morgan fingerprint density at radius 1 is 1.57 bits per heavy atom. The summed E-state index contributed by atoms with van der Waals surface area (Å²) in [5.41, 5.74) is 0. The minimum atomic E-state index is 0. The lowest BCUT2D eigenvalue weighted by atomic mass is 10.4. The van der Waals surface area contributed by atoms with Crippen molar-refractivity contribution >= 4 is 5.78 Å². The third-order valence-corrected chi connectivity index (χ3v) is 0.788. The van der Waals surface area contributed by atoms with Crippen LogP contribution >= 0.6 is 0 Å². The zero-order chi connectivity index (χ0) is 4.41. The number of carbonyl (C=O) groups excluding carboxylic acids is 1. The Labute approximate surface area is 41.6 Å². The molecule has 0 atom stereocenters. The highest BCUT2D eigenvalue weighted by atomic mass is 16.5. The molecule has 1 saturated heterocycles. The first-order valence-electron chi connectivity index (χ1n) is 1.99. The predicted molar refractivity (Wildman–Crippen MR) is 24.1 cm³/mol. The fourth-order valence-electron chi connectivity index (χ4n) is 0.444. The lowest BCUT2D eigenvalue weighted by Gasteiger charge is -1.75. The van der Waals surface area contributed by atoms with Crippen molar-refractivity contribution in [1.29, 1.82) is 0 Å². The van der Waals surface area contributed by atoms with E-state index in [0.29, 0.717) is 19.6 Å². The van der Waals surface area contributed by atoms with Gasteiger partial charge in [-0.15, -0.1) is 0 Å². The van der Waals surface area contributed by atoms with E-state index in [2.05, 4.69) is 0 Å². The van der Waals surface area contributed by atoms with Crippen LogP contribution in [0.1, 0.15) is 6.42 Å². The molecular weight excluding hydrogens is 96.0 g/mol. The van der Waals surface area contributed by atoms with Gasteiger partial charge in [-0.1, -0.05) is 0 Å². The monoisotopic (exact) mass is 104 g/mol. The maximum absolute atomic E-state index is 10.1. The van der Waals surface area contributed by atoms with E-state index < -0.39 is 0 Å². The fourth-order valence-corrected chi connectivity index (χ4v) is 0.444. The Morgan fingerprint density at radius 2 is 2.29 bits per heavy atom. The van der Waals surface area contributed by atoms with E-state index in [0.717, 1.165) is 0 Å². The van der Waals surface area contributed by atoms with Gasteiger partial charge in [0.1, 0.15) is 6.61 Å². The van der Waals surface area contributed by atoms with Crippen molar-refractivity contribution in [3.63, 3.8) is 0 Å². The number of carbonyl (C=O) groups is 1. The Bertz CT molecular complexity index is 61.3. The van der Waals surface area contributed by atoms with E-state index in [4.69, 9.17) is 4.74 Å². The molecule has 0 bridgehead atoms. The predicted octanol–water partition coefficient (Wildman–Crippen LogP) is -0.849. The number of ether oxygens (including phenoxy) is 1. The largest absolute Gasteiger partial charge is 0.412 e. The van der Waals surface area contributed by atoms with Crippen molar-refractivity contribution in [3.8, 4) is 0 Å². The summed E-state index contributed by atoms with van der Waals surface area (Å²) < 4.78 is 4.71. The molecule has 0 aromatic heterocycles. The molecule has 7 heavy (non-hydrogen) atoms. The molecule has 0 unspecified atom stereocenters. The topological polar surface area (TPSA) is 57.8 Å². The molecule has 1 aliphatic rings. The zero-order valence-electron chi connectivity index (χ0n) is 3.94. The number of hydrogen-bond acceptors (Lipinski definition) is 2. The molecule has 1 aliphatic heterocycles. The third kappa shape index (κ3) is 1.66. The summed E-state index contributed by atoms with van der Waals surface area (Å²) >= 11 is 0. The summed E-state index contributed by atoms with van der Waals surface area (Å²) in [5, 5.41) is 0. The molecule has 3 heteroatoms. The van der Waals surface area contributed by atoms with Crippen LogP contribution in [0.4, 0.5) is 0 Å². The molecule has 0 radical (unpaired) electrons. The van der Waals surface area contributed by atoms with E-state index in [1.807, 2.05) is 0 Å². The van der Waals surface area contributed by atoms with Gasteiger partial charge in [0.2, 0.25) is 0 Å². The normalized spacial score (nSPS) is 19.1. The summed E-state index contributed by atoms with van der Waals surface area (Å²) in [6.07, 6.45) is 0.625. The summed E-state index contributed by atoms with van der Waals surface area (Å²) in [5.74, 6) is 0.231. The molecule has 0 amide bonds. The van der Waals surface area contributed by atoms with Crippen LogP contribution in [0.5, 0.6) is 0 Å². The van der Waals surface area contributed by atoms with Gasteiger partial charge in [0.15, 0.2) is 5.78 Å². The van der Waals surface area contributed by atoms with Crippen molar-refractivity contribution in [2.45, 2.75) is 6.42 Å². The second kappa shape index (κ2) is 2.71. The Morgan fingerprint density at radius 3 is 2.43 bits per heavy atom. The molecule has 0 spiro atoms. The summed E-state index contributed by atoms with van der Waals surface area (Å²) in [7, 11) is 0. The second-order valence-electron chi connectivity index (χ2n) is 1.34. The standard InChI is InChI=1S/C4H6O2.H2O/c5-4-1-2-6-3-4;/h1-3H2;1H2. The molecule has 0 aromatic carbocycles. The Kier molecular flexibility index (Phi) is 2.55. The Balaban J connectivity index is 0.000000360. The van der Waals surface area contributed by atoms with Crippen molar-refractivity contribution < 1.29 is 15.0 Å². The van der Waals surface area contributed by atoms with Gasteiger partial charge in [-0.2, -0.15) is 0 Å². The van der Waals surface area contributed by atoms with Crippen LogP contribution in [0.3, 0.4) is 0 Å². The number of rotatable bonds is 0. The van der Waals surface area contributed by atoms with Crippen molar-refractivity contribution in [2.24, 2.45) is 0 Å². The Hall–Kier alpha value is -0.410. The first kappa shape index (κ1) is 6.59. The van der Waals surface area contributed by atoms with Gasteiger partial charge < -0.3 is 10.2 Å². The maximum Gasteiger partial charge on any atom is 0.160 e. The average molecular weight is 104 g/mol. The first-order valence-corrected chi connectivity index (χ1v) is 1.99. The average Bonchev–Trinajstić information content (AvgIpc) is 1.86. The summed E-state index contributed by atoms with van der Waals surface area (Å²) in [6.45, 7) is 0.985. The number of hydrogen-bond donors (Lipinski definition) is 0. The molecule has 42 valence electrons. The highest BCUT2D eigenvalue weighted by Crippen LogP contribution is 1.94. The quantitative estimate of drug-likeness (QED) is 0.402. The molecule has 1 fully saturated rings. The molecule has 0 aromatic rings. The van der Waals surface area contributed by atoms with Crippen LogP contribution in [0, 0.1) is 0 Å². The van der Waals surface area contributed by atoms with Crippen molar-refractivity contribution in [3.05, 3.63) is 0 Å². The van der Waals surface area contributed by atoms with Crippen LogP contribution < -0.4 is 0 Å². The highest BCUT2D eigenvalue weighted by molar-refractivity contribution is 5.81. The van der Waals surface area contributed by atoms with Gasteiger partial charge in [-0.3, -0.25) is 4.79 Å². The minimum absolute atomic E-state index is 0. The van der Waals surface area contributed by atoms with Crippen LogP contribution in [-0.2, 0) is 9.53 Å². The van der Waals surface area contributed by atoms with Crippen molar-refractivity contribution in [2.75, 3.05) is 13.2 Å². The third-order valence-electron chi connectivity index (χ3n) is 0.788. The smallest absolute Gasteiger partial charge is 0.160 e. The van der Waals surface area contributed by atoms with Gasteiger partial charge >= 0.3 is 0 Å². The maximum atomic E-state index is 10.1. The molecular formula is C4H8O3. The second-order valence-corrected chi connectivity index (χ2v) is 1.34. The fraction of sp³-hybridized carbons (Fsp3) is 0.750. The van der Waals surface area contributed by atoms with Crippen molar-refractivity contribution in [1.82, 2.24) is 0 Å². The van der Waals surface area contributed by atoms with E-state index in [1.54, 1.807) is 0 Å². The van der Waals surface area contributed by atoms with E-state index in [1.165, 1.54) is 0 Å². The SMILES string of the molecule is O.O=C1CCOC1. The number of ketones is 1. The van der Waals surface area contributed by atoms with E-state index in [9.17, 15) is 4.79 Å². The highest BCUT2D eigenvalue weighted by Gasteiger charge is 2.07. The van der Waals surface area contributed by atoms with Crippen LogP contribution in [0.2, 0.25) is 0 Å². The summed E-state index contributed by atoms with van der Waals surface area (Å²) in [6, 6.07) is 0. The lowest BCUT2D eigenvalue weighted by molar-refractivity contribution is -0.117. The lowest BCUT2D eigenvalue weighted by Crippen LogP contribution is -1.91. The molecule has 0 saturated carbocycles. The van der Waals surface area contributed by atoms with Crippen LogP contribution in [0.15, 0.2) is 0 Å². The first-order chi connectivity index (χ1) is 2.89. The van der Waals surface area contributed by atoms with E-state index >= 15 is 0 Å². The van der Waals surface area contributed by atoms with Gasteiger partial charge in [0, 0.05) is 6.42 Å². The van der Waals surface area contributed by atoms with E-state index in [-0.39, 0.29) is 11.3 Å². The molecule has 2 N–H and O–H groups in total. The summed E-state index contributed by atoms with van der Waals surface area (Å²) in [4.78, 5) is 10.1. The minimum Gasteiger partial charge on any atom is -0.412 e. The molecule has 0 aliphatic carbocycles. The number of Topliss-reactive ketones (excluding diaryl/α,β-unsaturated/α-hetero) is 1. The molecule has 1 heterocycles. The van der Waals surface area contributed by atoms with Gasteiger partial charge in [-0.25, -0.2) is 0 Å². The van der Waals surface area contributed by atoms with Gasteiger partial charge in [-0.05, 0) is 0 Å². The van der Waals surface area contributed by atoms with Gasteiger partial charge in [0.05, 0.1) is 6.61 Å². The molecule has 1 rings (SSSR count). The van der Waals surface area contributed by atoms with Crippen LogP contribution in [0.25, 0.3) is 0 Å². The molecule has 3 nitrogen and oxygen atoms in total. The van der Waals surface area contributed by atoms with Gasteiger partial charge in [0.25, 0.3) is 0 Å². The van der Waals surface area contributed by atoms with Crippen LogP contribution in [-0.4, -0.2) is 24.5 Å².